The van der Waals surface area contributed by atoms with Crippen molar-refractivity contribution in [2.45, 2.75) is 13.0 Å². The van der Waals surface area contributed by atoms with Crippen LogP contribution in [0.1, 0.15) is 17.2 Å². The largest absolute Gasteiger partial charge is 0.387 e. The van der Waals surface area contributed by atoms with Crippen LogP contribution in [0.15, 0.2) is 24.4 Å². The number of likely N-dealkylation sites (N-methyl/N-ethyl adjacent to an activating group) is 1. The molecule has 0 aliphatic heterocycles. The predicted molar refractivity (Wildman–Crippen MR) is 61.9 cm³/mol. The third kappa shape index (κ3) is 1.89. The fourth-order valence-electron chi connectivity index (χ4n) is 1.89. The lowest BCUT2D eigenvalue weighted by atomic mass is 10.0. The smallest absolute Gasteiger partial charge is 0.0914 e. The number of nitrogens with one attached hydrogen (secondary N) is 2. The van der Waals surface area contributed by atoms with Gasteiger partial charge in [0.1, 0.15) is 0 Å². The van der Waals surface area contributed by atoms with Gasteiger partial charge in [-0.25, -0.2) is 0 Å². The molecule has 1 aromatic heterocycles. The Bertz CT molecular complexity index is 462. The molecular formula is C12H16N2O. The summed E-state index contributed by atoms with van der Waals surface area (Å²) in [6.07, 6.45) is 1.49. The van der Waals surface area contributed by atoms with E-state index in [0.717, 1.165) is 16.5 Å². The molecule has 2 rings (SSSR count). The van der Waals surface area contributed by atoms with Gasteiger partial charge in [0, 0.05) is 18.3 Å². The summed E-state index contributed by atoms with van der Waals surface area (Å²) < 4.78 is 0. The Kier molecular flexibility index (Phi) is 2.75. The van der Waals surface area contributed by atoms with Crippen molar-refractivity contribution in [3.63, 3.8) is 0 Å². The maximum atomic E-state index is 9.87. The molecule has 3 N–H and O–H groups in total. The fourth-order valence-corrected chi connectivity index (χ4v) is 1.89. The van der Waals surface area contributed by atoms with Crippen LogP contribution >= 0.6 is 0 Å². The summed E-state index contributed by atoms with van der Waals surface area (Å²) in [5, 5.41) is 14.0. The molecule has 3 nitrogen and oxygen atoms in total. The van der Waals surface area contributed by atoms with Crippen molar-refractivity contribution < 1.29 is 5.11 Å². The summed E-state index contributed by atoms with van der Waals surface area (Å²) in [5.41, 5.74) is 3.28. The van der Waals surface area contributed by atoms with Gasteiger partial charge in [-0.1, -0.05) is 6.07 Å². The number of rotatable bonds is 3. The fraction of sp³-hybridized carbons (Fsp3) is 0.333. The summed E-state index contributed by atoms with van der Waals surface area (Å²) in [7, 11) is 1.84. The lowest BCUT2D eigenvalue weighted by molar-refractivity contribution is 0.178. The molecule has 2 aromatic rings. The van der Waals surface area contributed by atoms with Crippen LogP contribution in [0.5, 0.6) is 0 Å². The van der Waals surface area contributed by atoms with Gasteiger partial charge in [0.05, 0.1) is 6.10 Å². The first-order valence-electron chi connectivity index (χ1n) is 5.12. The Morgan fingerprint density at radius 1 is 1.47 bits per heavy atom. The van der Waals surface area contributed by atoms with E-state index in [0.29, 0.717) is 6.54 Å². The number of hydrogen-bond acceptors (Lipinski definition) is 2. The molecular weight excluding hydrogens is 188 g/mol. The van der Waals surface area contributed by atoms with Crippen LogP contribution in [0.4, 0.5) is 0 Å². The third-order valence-corrected chi connectivity index (χ3v) is 2.66. The number of H-pyrrole nitrogens is 1. The van der Waals surface area contributed by atoms with Gasteiger partial charge in [-0.05, 0) is 42.6 Å². The van der Waals surface area contributed by atoms with Crippen LogP contribution in [0.2, 0.25) is 0 Å². The number of aliphatic hydroxyl groups is 1. The highest BCUT2D eigenvalue weighted by Gasteiger charge is 2.09. The topological polar surface area (TPSA) is 48.0 Å². The van der Waals surface area contributed by atoms with Crippen molar-refractivity contribution in [3.05, 3.63) is 35.5 Å². The molecule has 0 saturated carbocycles. The molecule has 0 bridgehead atoms. The Balaban J connectivity index is 2.44. The van der Waals surface area contributed by atoms with Crippen molar-refractivity contribution >= 4 is 10.9 Å². The summed E-state index contributed by atoms with van der Waals surface area (Å²) in [4.78, 5) is 3.19. The van der Waals surface area contributed by atoms with E-state index in [4.69, 9.17) is 0 Å². The maximum Gasteiger partial charge on any atom is 0.0914 e. The number of aryl methyl sites for hydroxylation is 1. The van der Waals surface area contributed by atoms with Crippen molar-refractivity contribution in [1.82, 2.24) is 10.3 Å². The van der Waals surface area contributed by atoms with Crippen molar-refractivity contribution in [3.8, 4) is 0 Å². The highest BCUT2D eigenvalue weighted by atomic mass is 16.3. The second kappa shape index (κ2) is 4.04. The van der Waals surface area contributed by atoms with Crippen LogP contribution in [0.3, 0.4) is 0 Å². The second-order valence-electron chi connectivity index (χ2n) is 3.85. The van der Waals surface area contributed by atoms with E-state index < -0.39 is 6.10 Å². The zero-order chi connectivity index (χ0) is 10.8. The first-order chi connectivity index (χ1) is 7.22. The molecule has 0 spiro atoms. The lowest BCUT2D eigenvalue weighted by Crippen LogP contribution is -2.16. The molecule has 80 valence electrons. The molecule has 1 unspecified atom stereocenters. The van der Waals surface area contributed by atoms with E-state index in [1.807, 2.05) is 31.4 Å². The van der Waals surface area contributed by atoms with Crippen LogP contribution < -0.4 is 5.32 Å². The second-order valence-corrected chi connectivity index (χ2v) is 3.85. The first kappa shape index (κ1) is 10.2. The highest BCUT2D eigenvalue weighted by Crippen LogP contribution is 2.22. The average molecular weight is 204 g/mol. The van der Waals surface area contributed by atoms with Gasteiger partial charge < -0.3 is 15.4 Å². The zero-order valence-electron chi connectivity index (χ0n) is 9.04. The number of fused-ring (bicyclic) bond motifs is 1. The Morgan fingerprint density at radius 3 is 3.00 bits per heavy atom. The van der Waals surface area contributed by atoms with Gasteiger partial charge in [0.15, 0.2) is 0 Å². The minimum Gasteiger partial charge on any atom is -0.387 e. The number of benzene rings is 1. The number of aromatic nitrogens is 1. The predicted octanol–water partition coefficient (Wildman–Crippen LogP) is 1.73. The molecule has 15 heavy (non-hydrogen) atoms. The van der Waals surface area contributed by atoms with Crippen molar-refractivity contribution in [2.75, 3.05) is 13.6 Å². The third-order valence-electron chi connectivity index (χ3n) is 2.66. The molecule has 0 aliphatic rings. The molecule has 0 saturated heterocycles. The van der Waals surface area contributed by atoms with Crippen molar-refractivity contribution in [2.24, 2.45) is 0 Å². The van der Waals surface area contributed by atoms with Gasteiger partial charge in [-0.15, -0.1) is 0 Å². The highest BCUT2D eigenvalue weighted by molar-refractivity contribution is 5.83. The average Bonchev–Trinajstić information content (AvgIpc) is 2.66. The molecule has 1 heterocycles. The molecule has 3 heteroatoms. The van der Waals surface area contributed by atoms with Crippen LogP contribution in [-0.4, -0.2) is 23.7 Å². The summed E-state index contributed by atoms with van der Waals surface area (Å²) >= 11 is 0. The number of hydrogen-bond donors (Lipinski definition) is 3. The monoisotopic (exact) mass is 204 g/mol. The van der Waals surface area contributed by atoms with Crippen LogP contribution in [0.25, 0.3) is 10.9 Å². The first-order valence-corrected chi connectivity index (χ1v) is 5.12. The molecule has 0 amide bonds. The minimum absolute atomic E-state index is 0.437. The molecule has 0 fully saturated rings. The lowest BCUT2D eigenvalue weighted by Gasteiger charge is -2.11. The summed E-state index contributed by atoms with van der Waals surface area (Å²) in [5.74, 6) is 0. The Hall–Kier alpha value is -1.32. The van der Waals surface area contributed by atoms with Crippen LogP contribution in [-0.2, 0) is 0 Å². The normalized spacial score (nSPS) is 13.3. The van der Waals surface area contributed by atoms with Gasteiger partial charge >= 0.3 is 0 Å². The van der Waals surface area contributed by atoms with Gasteiger partial charge in [-0.3, -0.25) is 0 Å². The van der Waals surface area contributed by atoms with Gasteiger partial charge in [0.25, 0.3) is 0 Å². The Labute approximate surface area is 89.1 Å². The zero-order valence-corrected chi connectivity index (χ0v) is 9.04. The van der Waals surface area contributed by atoms with Gasteiger partial charge in [0.2, 0.25) is 0 Å². The number of aromatic amines is 1. The minimum atomic E-state index is -0.437. The maximum absolute atomic E-state index is 9.87. The Morgan fingerprint density at radius 2 is 2.27 bits per heavy atom. The quantitative estimate of drug-likeness (QED) is 0.713. The molecule has 1 atom stereocenters. The van der Waals surface area contributed by atoms with E-state index in [9.17, 15) is 5.11 Å². The van der Waals surface area contributed by atoms with Crippen molar-refractivity contribution in [1.29, 1.82) is 0 Å². The molecule has 0 radical (unpaired) electrons. The van der Waals surface area contributed by atoms with Crippen LogP contribution in [0, 0.1) is 6.92 Å². The molecule has 1 aromatic carbocycles. The van der Waals surface area contributed by atoms with Gasteiger partial charge in [-0.2, -0.15) is 0 Å². The SMILES string of the molecule is CNCC(O)c1cc(C)c2[nH]ccc2c1. The summed E-state index contributed by atoms with van der Waals surface area (Å²) in [6.45, 7) is 2.63. The molecule has 0 aliphatic carbocycles. The number of aliphatic hydroxyl groups excluding tert-OH is 1. The van der Waals surface area contributed by atoms with E-state index in [2.05, 4.69) is 17.2 Å². The van der Waals surface area contributed by atoms with E-state index in [1.165, 1.54) is 5.56 Å². The van der Waals surface area contributed by atoms with E-state index >= 15 is 0 Å². The standard InChI is InChI=1S/C12H16N2O/c1-8-5-10(11(15)7-13-2)6-9-3-4-14-12(8)9/h3-6,11,13-15H,7H2,1-2H3. The van der Waals surface area contributed by atoms with E-state index in [1.54, 1.807) is 0 Å². The summed E-state index contributed by atoms with van der Waals surface area (Å²) in [6, 6.07) is 6.08. The van der Waals surface area contributed by atoms with E-state index in [-0.39, 0.29) is 0 Å².